The SMILES string of the molecule is Cc1[nH]nc2ncc(C(=O)NC3CC4CCC(C3)N4)cc12.Cl.Cl. The van der Waals surface area contributed by atoms with E-state index >= 15 is 0 Å². The average Bonchev–Trinajstić information content (AvgIpc) is 3.02. The zero-order chi connectivity index (χ0) is 14.4. The Bertz CT molecular complexity index is 692. The first-order valence-electron chi connectivity index (χ1n) is 7.56. The van der Waals surface area contributed by atoms with E-state index in [1.54, 1.807) is 6.20 Å². The molecule has 2 aromatic rings. The summed E-state index contributed by atoms with van der Waals surface area (Å²) in [5.41, 5.74) is 2.20. The molecule has 0 aliphatic carbocycles. The zero-order valence-electron chi connectivity index (χ0n) is 12.8. The Morgan fingerprint density at radius 3 is 2.65 bits per heavy atom. The molecule has 2 aliphatic heterocycles. The fraction of sp³-hybridized carbons (Fsp3) is 0.533. The van der Waals surface area contributed by atoms with Crippen molar-refractivity contribution in [1.82, 2.24) is 25.8 Å². The highest BCUT2D eigenvalue weighted by atomic mass is 35.5. The molecule has 2 bridgehead atoms. The van der Waals surface area contributed by atoms with Crippen LogP contribution in [0.4, 0.5) is 0 Å². The highest BCUT2D eigenvalue weighted by molar-refractivity contribution is 5.97. The van der Waals surface area contributed by atoms with E-state index < -0.39 is 0 Å². The Kier molecular flexibility index (Phi) is 5.49. The number of carbonyl (C=O) groups excluding carboxylic acids is 1. The molecule has 3 N–H and O–H groups in total. The molecule has 2 saturated heterocycles. The summed E-state index contributed by atoms with van der Waals surface area (Å²) < 4.78 is 0. The molecular formula is C15H21Cl2N5O. The lowest BCUT2D eigenvalue weighted by atomic mass is 9.99. The van der Waals surface area contributed by atoms with Gasteiger partial charge in [-0.2, -0.15) is 5.10 Å². The number of hydrogen-bond acceptors (Lipinski definition) is 4. The van der Waals surface area contributed by atoms with E-state index in [1.165, 1.54) is 12.8 Å². The van der Waals surface area contributed by atoms with Gasteiger partial charge in [0.2, 0.25) is 0 Å². The zero-order valence-corrected chi connectivity index (χ0v) is 14.5. The number of aryl methyl sites for hydroxylation is 1. The fourth-order valence-corrected chi connectivity index (χ4v) is 3.59. The largest absolute Gasteiger partial charge is 0.349 e. The molecule has 2 aromatic heterocycles. The number of fused-ring (bicyclic) bond motifs is 3. The van der Waals surface area contributed by atoms with Gasteiger partial charge in [0.05, 0.1) is 5.56 Å². The standard InChI is InChI=1S/C15H19N5O.2ClH/c1-8-13-4-9(7-16-14(13)20-19-8)15(21)18-12-5-10-2-3-11(6-12)17-10;;/h4,7,10-12,17H,2-3,5-6H2,1H3,(H,18,21)(H,16,19,20);2*1H. The number of halogens is 2. The summed E-state index contributed by atoms with van der Waals surface area (Å²) in [4.78, 5) is 16.7. The number of aromatic amines is 1. The van der Waals surface area contributed by atoms with Crippen molar-refractivity contribution in [1.29, 1.82) is 0 Å². The molecule has 4 heterocycles. The number of hydrogen-bond donors (Lipinski definition) is 3. The molecule has 126 valence electrons. The minimum atomic E-state index is -0.0312. The normalized spacial score (nSPS) is 25.5. The number of pyridine rings is 1. The lowest BCUT2D eigenvalue weighted by Crippen LogP contribution is -2.48. The van der Waals surface area contributed by atoms with Gasteiger partial charge >= 0.3 is 0 Å². The molecule has 2 aliphatic rings. The molecule has 4 rings (SSSR count). The van der Waals surface area contributed by atoms with Crippen LogP contribution < -0.4 is 10.6 Å². The minimum absolute atomic E-state index is 0. The third-order valence-corrected chi connectivity index (χ3v) is 4.67. The number of amides is 1. The molecule has 0 radical (unpaired) electrons. The van der Waals surface area contributed by atoms with Gasteiger partial charge in [-0.15, -0.1) is 24.8 Å². The second-order valence-corrected chi connectivity index (χ2v) is 6.22. The maximum Gasteiger partial charge on any atom is 0.253 e. The van der Waals surface area contributed by atoms with Crippen molar-refractivity contribution in [3.05, 3.63) is 23.5 Å². The van der Waals surface area contributed by atoms with Gasteiger partial charge < -0.3 is 10.6 Å². The summed E-state index contributed by atoms with van der Waals surface area (Å²) in [6.45, 7) is 1.93. The third kappa shape index (κ3) is 3.44. The quantitative estimate of drug-likeness (QED) is 0.768. The van der Waals surface area contributed by atoms with Crippen LogP contribution in [0.15, 0.2) is 12.3 Å². The number of rotatable bonds is 2. The molecule has 0 saturated carbocycles. The van der Waals surface area contributed by atoms with Crippen LogP contribution in [0.1, 0.15) is 41.7 Å². The van der Waals surface area contributed by atoms with Gasteiger partial charge in [0.1, 0.15) is 0 Å². The van der Waals surface area contributed by atoms with Crippen LogP contribution in [0.2, 0.25) is 0 Å². The number of aromatic nitrogens is 3. The summed E-state index contributed by atoms with van der Waals surface area (Å²) in [6.07, 6.45) is 6.14. The van der Waals surface area contributed by atoms with E-state index in [9.17, 15) is 4.79 Å². The molecule has 2 fully saturated rings. The van der Waals surface area contributed by atoms with Crippen LogP contribution in [0, 0.1) is 6.92 Å². The van der Waals surface area contributed by atoms with Crippen molar-refractivity contribution >= 4 is 41.8 Å². The van der Waals surface area contributed by atoms with Gasteiger partial charge in [0.25, 0.3) is 5.91 Å². The van der Waals surface area contributed by atoms with Gasteiger partial charge in [0.15, 0.2) is 5.65 Å². The highest BCUT2D eigenvalue weighted by Gasteiger charge is 2.34. The van der Waals surface area contributed by atoms with Gasteiger partial charge in [-0.1, -0.05) is 0 Å². The van der Waals surface area contributed by atoms with E-state index in [1.807, 2.05) is 13.0 Å². The summed E-state index contributed by atoms with van der Waals surface area (Å²) in [5, 5.41) is 14.6. The van der Waals surface area contributed by atoms with Crippen LogP contribution >= 0.6 is 24.8 Å². The number of nitrogens with one attached hydrogen (secondary N) is 3. The summed E-state index contributed by atoms with van der Waals surface area (Å²) >= 11 is 0. The Morgan fingerprint density at radius 1 is 1.26 bits per heavy atom. The van der Waals surface area contributed by atoms with Crippen molar-refractivity contribution in [2.24, 2.45) is 0 Å². The van der Waals surface area contributed by atoms with Crippen molar-refractivity contribution < 1.29 is 4.79 Å². The number of carbonyl (C=O) groups is 1. The van der Waals surface area contributed by atoms with E-state index in [0.29, 0.717) is 23.3 Å². The van der Waals surface area contributed by atoms with Crippen LogP contribution in [-0.2, 0) is 0 Å². The maximum absolute atomic E-state index is 12.4. The lowest BCUT2D eigenvalue weighted by molar-refractivity contribution is 0.0924. The van der Waals surface area contributed by atoms with Crippen LogP contribution in [0.25, 0.3) is 11.0 Å². The van der Waals surface area contributed by atoms with Crippen molar-refractivity contribution in [2.45, 2.75) is 50.7 Å². The lowest BCUT2D eigenvalue weighted by Gasteiger charge is -2.29. The monoisotopic (exact) mass is 357 g/mol. The number of H-pyrrole nitrogens is 1. The van der Waals surface area contributed by atoms with Crippen molar-refractivity contribution in [2.75, 3.05) is 0 Å². The van der Waals surface area contributed by atoms with E-state index in [-0.39, 0.29) is 36.8 Å². The van der Waals surface area contributed by atoms with E-state index in [2.05, 4.69) is 25.8 Å². The van der Waals surface area contributed by atoms with Gasteiger partial charge in [0, 0.05) is 35.4 Å². The Hall–Kier alpha value is -1.37. The van der Waals surface area contributed by atoms with Crippen molar-refractivity contribution in [3.8, 4) is 0 Å². The van der Waals surface area contributed by atoms with Crippen LogP contribution in [-0.4, -0.2) is 39.2 Å². The van der Waals surface area contributed by atoms with Gasteiger partial charge in [-0.25, -0.2) is 4.98 Å². The first kappa shape index (κ1) is 18.0. The topological polar surface area (TPSA) is 82.7 Å². The minimum Gasteiger partial charge on any atom is -0.349 e. The Balaban J connectivity index is 0.000000960. The molecule has 0 spiro atoms. The fourth-order valence-electron chi connectivity index (χ4n) is 3.59. The number of nitrogens with zero attached hydrogens (tertiary/aromatic N) is 2. The summed E-state index contributed by atoms with van der Waals surface area (Å²) in [6, 6.07) is 3.29. The van der Waals surface area contributed by atoms with Crippen LogP contribution in [0.3, 0.4) is 0 Å². The second kappa shape index (κ2) is 7.03. The maximum atomic E-state index is 12.4. The first-order chi connectivity index (χ1) is 10.2. The van der Waals surface area contributed by atoms with Crippen molar-refractivity contribution in [3.63, 3.8) is 0 Å². The predicted octanol–water partition coefficient (Wildman–Crippen LogP) is 2.12. The second-order valence-electron chi connectivity index (χ2n) is 6.22. The predicted molar refractivity (Wildman–Crippen MR) is 93.6 cm³/mol. The Labute approximate surface area is 147 Å². The molecule has 2 atom stereocenters. The average molecular weight is 358 g/mol. The molecule has 23 heavy (non-hydrogen) atoms. The highest BCUT2D eigenvalue weighted by Crippen LogP contribution is 2.27. The molecule has 6 nitrogen and oxygen atoms in total. The number of piperidine rings is 1. The Morgan fingerprint density at radius 2 is 1.96 bits per heavy atom. The van der Waals surface area contributed by atoms with E-state index in [4.69, 9.17) is 0 Å². The van der Waals surface area contributed by atoms with Gasteiger partial charge in [-0.05, 0) is 38.7 Å². The molecular weight excluding hydrogens is 337 g/mol. The third-order valence-electron chi connectivity index (χ3n) is 4.67. The van der Waals surface area contributed by atoms with Gasteiger partial charge in [-0.3, -0.25) is 9.89 Å². The van der Waals surface area contributed by atoms with Crippen LogP contribution in [0.5, 0.6) is 0 Å². The smallest absolute Gasteiger partial charge is 0.253 e. The van der Waals surface area contributed by atoms with E-state index in [0.717, 1.165) is 23.9 Å². The molecule has 8 heteroatoms. The summed E-state index contributed by atoms with van der Waals surface area (Å²) in [7, 11) is 0. The molecule has 1 amide bonds. The molecule has 2 unspecified atom stereocenters. The summed E-state index contributed by atoms with van der Waals surface area (Å²) in [5.74, 6) is -0.0312. The molecule has 0 aromatic carbocycles. The first-order valence-corrected chi connectivity index (χ1v) is 7.56.